The van der Waals surface area contributed by atoms with Crippen LogP contribution < -0.4 is 15.1 Å². The second-order valence-electron chi connectivity index (χ2n) is 4.65. The normalized spacial score (nSPS) is 10.5. The predicted molar refractivity (Wildman–Crippen MR) is 85.4 cm³/mol. The van der Waals surface area contributed by atoms with Crippen LogP contribution >= 0.6 is 11.6 Å². The number of carbonyl (C=O) groups excluding carboxylic acids is 1. The van der Waals surface area contributed by atoms with Crippen molar-refractivity contribution in [1.29, 1.82) is 0 Å². The first-order chi connectivity index (χ1) is 11.1. The molecule has 5 nitrogen and oxygen atoms in total. The van der Waals surface area contributed by atoms with Crippen LogP contribution in [-0.4, -0.2) is 13.1 Å². The molecule has 6 heteroatoms. The summed E-state index contributed by atoms with van der Waals surface area (Å²) in [5, 5.41) is 0.822. The number of hydrogen-bond donors (Lipinski definition) is 0. The summed E-state index contributed by atoms with van der Waals surface area (Å²) in [4.78, 5) is 24.3. The first-order valence-corrected chi connectivity index (χ1v) is 7.05. The number of para-hydroxylation sites is 2. The molecule has 1 aromatic heterocycles. The smallest absolute Gasteiger partial charge is 0.351 e. The van der Waals surface area contributed by atoms with Gasteiger partial charge < -0.3 is 13.9 Å². The van der Waals surface area contributed by atoms with Crippen molar-refractivity contribution < 1.29 is 18.7 Å². The molecule has 0 aliphatic carbocycles. The molecule has 2 aromatic carbocycles. The average molecular weight is 331 g/mol. The van der Waals surface area contributed by atoms with E-state index in [4.69, 9.17) is 25.5 Å². The summed E-state index contributed by atoms with van der Waals surface area (Å²) in [6.45, 7) is 0. The van der Waals surface area contributed by atoms with Gasteiger partial charge in [0.15, 0.2) is 11.3 Å². The van der Waals surface area contributed by atoms with Gasteiger partial charge in [-0.05, 0) is 24.3 Å². The van der Waals surface area contributed by atoms with Crippen LogP contribution in [0.15, 0.2) is 57.7 Å². The van der Waals surface area contributed by atoms with E-state index in [0.717, 1.165) is 0 Å². The first-order valence-electron chi connectivity index (χ1n) is 6.67. The minimum Gasteiger partial charge on any atom is -0.493 e. The Balaban J connectivity index is 2.03. The molecule has 0 bridgehead atoms. The maximum atomic E-state index is 12.2. The second kappa shape index (κ2) is 6.14. The number of benzene rings is 2. The maximum absolute atomic E-state index is 12.2. The third-order valence-electron chi connectivity index (χ3n) is 3.20. The lowest BCUT2D eigenvalue weighted by atomic mass is 10.2. The van der Waals surface area contributed by atoms with Gasteiger partial charge in [-0.1, -0.05) is 35.9 Å². The molecular formula is C17H11ClO5. The molecule has 0 amide bonds. The van der Waals surface area contributed by atoms with E-state index in [2.05, 4.69) is 0 Å². The van der Waals surface area contributed by atoms with Gasteiger partial charge in [-0.25, -0.2) is 9.59 Å². The molecule has 116 valence electrons. The van der Waals surface area contributed by atoms with Gasteiger partial charge in [0.25, 0.3) is 0 Å². The summed E-state index contributed by atoms with van der Waals surface area (Å²) in [6, 6.07) is 13.0. The number of carbonyl (C=O) groups is 1. The highest BCUT2D eigenvalue weighted by atomic mass is 35.5. The van der Waals surface area contributed by atoms with Gasteiger partial charge in [-0.15, -0.1) is 0 Å². The third kappa shape index (κ3) is 2.91. The fraction of sp³-hybridized carbons (Fsp3) is 0.0588. The molecule has 3 rings (SSSR count). The quantitative estimate of drug-likeness (QED) is 0.416. The molecule has 0 aliphatic heterocycles. The van der Waals surface area contributed by atoms with E-state index in [0.29, 0.717) is 11.1 Å². The van der Waals surface area contributed by atoms with Gasteiger partial charge in [0.1, 0.15) is 11.3 Å². The van der Waals surface area contributed by atoms with E-state index < -0.39 is 11.6 Å². The predicted octanol–water partition coefficient (Wildman–Crippen LogP) is 3.67. The van der Waals surface area contributed by atoms with E-state index in [1.54, 1.807) is 36.4 Å². The fourth-order valence-electron chi connectivity index (χ4n) is 2.10. The standard InChI is InChI=1S/C17H11ClO5/c1-21-14-8-4-5-10-9-11(17(20)23-15(10)14)16(19)22-13-7-3-2-6-12(13)18/h2-9H,1H3. The van der Waals surface area contributed by atoms with Crippen LogP contribution in [0.3, 0.4) is 0 Å². The Bertz CT molecular complexity index is 945. The summed E-state index contributed by atoms with van der Waals surface area (Å²) < 4.78 is 15.5. The molecule has 3 aromatic rings. The molecule has 0 radical (unpaired) electrons. The number of rotatable bonds is 3. The summed E-state index contributed by atoms with van der Waals surface area (Å²) in [7, 11) is 1.47. The van der Waals surface area contributed by atoms with Crippen LogP contribution in [0.5, 0.6) is 11.5 Å². The van der Waals surface area contributed by atoms with Gasteiger partial charge in [0.05, 0.1) is 12.1 Å². The van der Waals surface area contributed by atoms with Crippen molar-refractivity contribution in [2.45, 2.75) is 0 Å². The maximum Gasteiger partial charge on any atom is 0.351 e. The van der Waals surface area contributed by atoms with Gasteiger partial charge >= 0.3 is 11.6 Å². The molecule has 0 atom stereocenters. The summed E-state index contributed by atoms with van der Waals surface area (Å²) >= 11 is 5.93. The Morgan fingerprint density at radius 2 is 1.83 bits per heavy atom. The zero-order chi connectivity index (χ0) is 16.4. The Morgan fingerprint density at radius 3 is 2.57 bits per heavy atom. The van der Waals surface area contributed by atoms with E-state index >= 15 is 0 Å². The van der Waals surface area contributed by atoms with Crippen molar-refractivity contribution in [1.82, 2.24) is 0 Å². The summed E-state index contributed by atoms with van der Waals surface area (Å²) in [5.41, 5.74) is -0.751. The molecule has 1 heterocycles. The summed E-state index contributed by atoms with van der Waals surface area (Å²) in [5.74, 6) is -0.258. The monoisotopic (exact) mass is 330 g/mol. The number of hydrogen-bond acceptors (Lipinski definition) is 5. The van der Waals surface area contributed by atoms with E-state index in [1.165, 1.54) is 19.2 Å². The molecule has 0 unspecified atom stereocenters. The lowest BCUT2D eigenvalue weighted by Gasteiger charge is -2.07. The minimum absolute atomic E-state index is 0.171. The minimum atomic E-state index is -0.837. The molecule has 0 spiro atoms. The van der Waals surface area contributed by atoms with Crippen LogP contribution in [-0.2, 0) is 0 Å². The number of fused-ring (bicyclic) bond motifs is 1. The van der Waals surface area contributed by atoms with Crippen LogP contribution in [0.4, 0.5) is 0 Å². The highest BCUT2D eigenvalue weighted by Gasteiger charge is 2.18. The number of methoxy groups -OCH3 is 1. The molecule has 0 saturated heterocycles. The third-order valence-corrected chi connectivity index (χ3v) is 3.52. The SMILES string of the molecule is COc1cccc2cc(C(=O)Oc3ccccc3Cl)c(=O)oc12. The zero-order valence-electron chi connectivity index (χ0n) is 12.0. The van der Waals surface area contributed by atoms with Gasteiger partial charge in [-0.2, -0.15) is 0 Å². The number of halogens is 1. The van der Waals surface area contributed by atoms with Gasteiger partial charge in [0.2, 0.25) is 0 Å². The zero-order valence-corrected chi connectivity index (χ0v) is 12.8. The Kier molecular flexibility index (Phi) is 4.04. The lowest BCUT2D eigenvalue weighted by Crippen LogP contribution is -2.18. The van der Waals surface area contributed by atoms with E-state index in [1.807, 2.05) is 0 Å². The van der Waals surface area contributed by atoms with Crippen LogP contribution in [0, 0.1) is 0 Å². The van der Waals surface area contributed by atoms with Crippen molar-refractivity contribution in [2.75, 3.05) is 7.11 Å². The number of esters is 1. The average Bonchev–Trinajstić information content (AvgIpc) is 2.55. The van der Waals surface area contributed by atoms with Crippen molar-refractivity contribution in [3.05, 3.63) is 69.5 Å². The Labute approximate surface area is 136 Å². The van der Waals surface area contributed by atoms with Gasteiger partial charge in [0, 0.05) is 5.39 Å². The Hall–Kier alpha value is -2.79. The summed E-state index contributed by atoms with van der Waals surface area (Å²) in [6.07, 6.45) is 0. The van der Waals surface area contributed by atoms with Crippen molar-refractivity contribution in [2.24, 2.45) is 0 Å². The topological polar surface area (TPSA) is 65.7 Å². The lowest BCUT2D eigenvalue weighted by molar-refractivity contribution is 0.0730. The fourth-order valence-corrected chi connectivity index (χ4v) is 2.28. The molecule has 23 heavy (non-hydrogen) atoms. The van der Waals surface area contributed by atoms with Crippen molar-refractivity contribution in [3.8, 4) is 11.5 Å². The molecule has 0 N–H and O–H groups in total. The van der Waals surface area contributed by atoms with E-state index in [9.17, 15) is 9.59 Å². The Morgan fingerprint density at radius 1 is 1.09 bits per heavy atom. The number of ether oxygens (including phenoxy) is 2. The van der Waals surface area contributed by atoms with Gasteiger partial charge in [-0.3, -0.25) is 0 Å². The highest BCUT2D eigenvalue weighted by Crippen LogP contribution is 2.26. The van der Waals surface area contributed by atoms with E-state index in [-0.39, 0.29) is 21.9 Å². The van der Waals surface area contributed by atoms with Crippen molar-refractivity contribution in [3.63, 3.8) is 0 Å². The molecule has 0 fully saturated rings. The van der Waals surface area contributed by atoms with Crippen LogP contribution in [0.1, 0.15) is 10.4 Å². The van der Waals surface area contributed by atoms with Crippen molar-refractivity contribution >= 4 is 28.5 Å². The second-order valence-corrected chi connectivity index (χ2v) is 5.05. The largest absolute Gasteiger partial charge is 0.493 e. The molecular weight excluding hydrogens is 320 g/mol. The molecule has 0 saturated carbocycles. The molecule has 0 aliphatic rings. The highest BCUT2D eigenvalue weighted by molar-refractivity contribution is 6.32. The first kappa shape index (κ1) is 15.1. The van der Waals surface area contributed by atoms with Crippen LogP contribution in [0.2, 0.25) is 5.02 Å². The van der Waals surface area contributed by atoms with Crippen LogP contribution in [0.25, 0.3) is 11.0 Å².